The van der Waals surface area contributed by atoms with Gasteiger partial charge in [-0.3, -0.25) is 4.68 Å². The number of likely N-dealkylation sites (N-methyl/N-ethyl adjacent to an activating group) is 1. The van der Waals surface area contributed by atoms with Gasteiger partial charge in [0.05, 0.1) is 11.6 Å². The van der Waals surface area contributed by atoms with E-state index in [1.54, 1.807) is 0 Å². The highest BCUT2D eigenvalue weighted by atomic mass is 35.5. The number of aromatic nitrogens is 4. The summed E-state index contributed by atoms with van der Waals surface area (Å²) < 4.78 is 1.81. The molecule has 8 heteroatoms. The number of hydrogen-bond acceptors (Lipinski definition) is 6. The van der Waals surface area contributed by atoms with E-state index in [-0.39, 0.29) is 12.4 Å². The molecule has 22 heavy (non-hydrogen) atoms. The van der Waals surface area contributed by atoms with Crippen molar-refractivity contribution in [3.63, 3.8) is 0 Å². The Bertz CT molecular complexity index is 619. The third kappa shape index (κ3) is 3.10. The number of nitrogens with one attached hydrogen (secondary N) is 1. The van der Waals surface area contributed by atoms with Crippen LogP contribution in [0, 0.1) is 0 Å². The molecule has 3 rings (SSSR count). The Hall–Kier alpha value is -1.60. The van der Waals surface area contributed by atoms with Crippen LogP contribution in [0.3, 0.4) is 0 Å². The number of piperazine rings is 1. The summed E-state index contributed by atoms with van der Waals surface area (Å²) in [5.74, 6) is 1.68. The van der Waals surface area contributed by atoms with Gasteiger partial charge >= 0.3 is 0 Å². The summed E-state index contributed by atoms with van der Waals surface area (Å²) in [6.45, 7) is 10.3. The minimum Gasteiger partial charge on any atom is -0.370 e. The largest absolute Gasteiger partial charge is 0.370 e. The minimum absolute atomic E-state index is 0. The maximum atomic E-state index is 4.71. The van der Waals surface area contributed by atoms with E-state index in [0.717, 1.165) is 62.1 Å². The molecule has 0 amide bonds. The smallest absolute Gasteiger partial charge is 0.229 e. The summed E-state index contributed by atoms with van der Waals surface area (Å²) in [5, 5.41) is 8.60. The Morgan fingerprint density at radius 3 is 2.50 bits per heavy atom. The van der Waals surface area contributed by atoms with E-state index in [1.165, 1.54) is 0 Å². The maximum absolute atomic E-state index is 4.71. The van der Waals surface area contributed by atoms with Crippen LogP contribution in [-0.4, -0.2) is 63.9 Å². The molecular formula is C14H24ClN7. The second-order valence-corrected chi connectivity index (χ2v) is 5.33. The van der Waals surface area contributed by atoms with Gasteiger partial charge in [0.25, 0.3) is 0 Å². The maximum Gasteiger partial charge on any atom is 0.229 e. The van der Waals surface area contributed by atoms with Crippen LogP contribution in [0.2, 0.25) is 0 Å². The predicted molar refractivity (Wildman–Crippen MR) is 92.0 cm³/mol. The average Bonchev–Trinajstić information content (AvgIpc) is 2.89. The average molecular weight is 326 g/mol. The SMILES string of the molecule is CCNc1nc(N2CCN(CC)CC2)nc2c1cnn2C.Cl. The highest BCUT2D eigenvalue weighted by Gasteiger charge is 2.20. The molecule has 1 fully saturated rings. The molecule has 1 saturated heterocycles. The molecule has 0 aliphatic carbocycles. The van der Waals surface area contributed by atoms with Gasteiger partial charge in [0.2, 0.25) is 5.95 Å². The standard InChI is InChI=1S/C14H23N7.ClH/c1-4-15-12-11-10-16-19(3)13(11)18-14(17-12)21-8-6-20(5-2)7-9-21;/h10H,4-9H2,1-3H3,(H,15,17,18);1H. The van der Waals surface area contributed by atoms with Crippen molar-refractivity contribution in [2.75, 3.05) is 49.5 Å². The number of fused-ring (bicyclic) bond motifs is 1. The van der Waals surface area contributed by atoms with Crippen molar-refractivity contribution >= 4 is 35.2 Å². The van der Waals surface area contributed by atoms with Gasteiger partial charge < -0.3 is 15.1 Å². The van der Waals surface area contributed by atoms with E-state index >= 15 is 0 Å². The fourth-order valence-corrected chi connectivity index (χ4v) is 2.72. The predicted octanol–water partition coefficient (Wildman–Crippen LogP) is 1.36. The molecule has 122 valence electrons. The van der Waals surface area contributed by atoms with Gasteiger partial charge in [0.1, 0.15) is 5.82 Å². The molecule has 1 aliphatic rings. The number of hydrogen-bond donors (Lipinski definition) is 1. The molecule has 0 unspecified atom stereocenters. The quantitative estimate of drug-likeness (QED) is 0.916. The van der Waals surface area contributed by atoms with E-state index in [2.05, 4.69) is 34.1 Å². The second-order valence-electron chi connectivity index (χ2n) is 5.33. The van der Waals surface area contributed by atoms with E-state index < -0.39 is 0 Å². The summed E-state index contributed by atoms with van der Waals surface area (Å²) >= 11 is 0. The lowest BCUT2D eigenvalue weighted by Crippen LogP contribution is -2.46. The zero-order valence-electron chi connectivity index (χ0n) is 13.4. The first-order chi connectivity index (χ1) is 10.2. The van der Waals surface area contributed by atoms with Crippen molar-refractivity contribution in [2.24, 2.45) is 7.05 Å². The first-order valence-electron chi connectivity index (χ1n) is 7.63. The molecule has 7 nitrogen and oxygen atoms in total. The van der Waals surface area contributed by atoms with Gasteiger partial charge in [-0.1, -0.05) is 6.92 Å². The highest BCUT2D eigenvalue weighted by Crippen LogP contribution is 2.23. The molecule has 0 saturated carbocycles. The van der Waals surface area contributed by atoms with Gasteiger partial charge in [-0.25, -0.2) is 0 Å². The normalized spacial score (nSPS) is 15.9. The van der Waals surface area contributed by atoms with Crippen LogP contribution >= 0.6 is 12.4 Å². The molecule has 1 aliphatic heterocycles. The monoisotopic (exact) mass is 325 g/mol. The molecule has 2 aromatic heterocycles. The second kappa shape index (κ2) is 7.11. The molecule has 3 heterocycles. The lowest BCUT2D eigenvalue weighted by molar-refractivity contribution is 0.270. The number of rotatable bonds is 4. The number of halogens is 1. The van der Waals surface area contributed by atoms with Crippen molar-refractivity contribution in [1.82, 2.24) is 24.6 Å². The van der Waals surface area contributed by atoms with Crippen LogP contribution in [0.4, 0.5) is 11.8 Å². The van der Waals surface area contributed by atoms with Crippen LogP contribution in [0.5, 0.6) is 0 Å². The Kier molecular flexibility index (Phi) is 5.42. The highest BCUT2D eigenvalue weighted by molar-refractivity contribution is 5.87. The van der Waals surface area contributed by atoms with Crippen molar-refractivity contribution in [1.29, 1.82) is 0 Å². The van der Waals surface area contributed by atoms with Crippen LogP contribution in [0.25, 0.3) is 11.0 Å². The summed E-state index contributed by atoms with van der Waals surface area (Å²) in [5.41, 5.74) is 0.883. The van der Waals surface area contributed by atoms with Gasteiger partial charge in [0.15, 0.2) is 5.65 Å². The van der Waals surface area contributed by atoms with Gasteiger partial charge in [-0.15, -0.1) is 12.4 Å². The fraction of sp³-hybridized carbons (Fsp3) is 0.643. The Balaban J connectivity index is 0.00000176. The third-order valence-electron chi connectivity index (χ3n) is 4.03. The minimum atomic E-state index is 0. The zero-order valence-corrected chi connectivity index (χ0v) is 14.2. The molecule has 1 N–H and O–H groups in total. The summed E-state index contributed by atoms with van der Waals surface area (Å²) in [6, 6.07) is 0. The molecule has 0 atom stereocenters. The topological polar surface area (TPSA) is 62.1 Å². The first-order valence-corrected chi connectivity index (χ1v) is 7.63. The van der Waals surface area contributed by atoms with E-state index in [4.69, 9.17) is 9.97 Å². The Labute approximate surface area is 137 Å². The molecule has 0 radical (unpaired) electrons. The molecule has 0 spiro atoms. The summed E-state index contributed by atoms with van der Waals surface area (Å²) in [7, 11) is 1.92. The summed E-state index contributed by atoms with van der Waals surface area (Å²) in [4.78, 5) is 14.1. The molecule has 0 aromatic carbocycles. The fourth-order valence-electron chi connectivity index (χ4n) is 2.72. The number of anilines is 2. The van der Waals surface area contributed by atoms with E-state index in [1.807, 2.05) is 17.9 Å². The Morgan fingerprint density at radius 2 is 1.86 bits per heavy atom. The van der Waals surface area contributed by atoms with Crippen molar-refractivity contribution < 1.29 is 0 Å². The van der Waals surface area contributed by atoms with Crippen molar-refractivity contribution in [2.45, 2.75) is 13.8 Å². The first kappa shape index (κ1) is 16.8. The van der Waals surface area contributed by atoms with Crippen LogP contribution in [0.1, 0.15) is 13.8 Å². The van der Waals surface area contributed by atoms with E-state index in [0.29, 0.717) is 0 Å². The number of nitrogens with zero attached hydrogens (tertiary/aromatic N) is 6. The van der Waals surface area contributed by atoms with Crippen LogP contribution < -0.4 is 10.2 Å². The van der Waals surface area contributed by atoms with Gasteiger partial charge in [-0.05, 0) is 13.5 Å². The van der Waals surface area contributed by atoms with Gasteiger partial charge in [0, 0.05) is 39.8 Å². The Morgan fingerprint density at radius 1 is 1.14 bits per heavy atom. The van der Waals surface area contributed by atoms with Gasteiger partial charge in [-0.2, -0.15) is 15.1 Å². The van der Waals surface area contributed by atoms with Crippen molar-refractivity contribution in [3.8, 4) is 0 Å². The molecule has 2 aromatic rings. The van der Waals surface area contributed by atoms with Crippen LogP contribution in [0.15, 0.2) is 6.20 Å². The number of aryl methyl sites for hydroxylation is 1. The zero-order chi connectivity index (χ0) is 14.8. The lowest BCUT2D eigenvalue weighted by atomic mass is 10.3. The molecular weight excluding hydrogens is 302 g/mol. The summed E-state index contributed by atoms with van der Waals surface area (Å²) in [6.07, 6.45) is 1.83. The van der Waals surface area contributed by atoms with E-state index in [9.17, 15) is 0 Å². The lowest BCUT2D eigenvalue weighted by Gasteiger charge is -2.34. The van der Waals surface area contributed by atoms with Crippen LogP contribution in [-0.2, 0) is 7.05 Å². The van der Waals surface area contributed by atoms with Crippen molar-refractivity contribution in [3.05, 3.63) is 6.20 Å². The molecule has 0 bridgehead atoms. The third-order valence-corrected chi connectivity index (χ3v) is 4.03.